The molecule has 1 aromatic heterocycles. The third kappa shape index (κ3) is 4.07. The second kappa shape index (κ2) is 5.70. The summed E-state index contributed by atoms with van der Waals surface area (Å²) in [6.07, 6.45) is 6.12. The van der Waals surface area contributed by atoms with Crippen molar-refractivity contribution in [3.63, 3.8) is 0 Å². The normalized spacial score (nSPS) is 9.33. The molecule has 64 valence electrons. The molecule has 12 heavy (non-hydrogen) atoms. The van der Waals surface area contributed by atoms with Crippen molar-refractivity contribution in [2.45, 2.75) is 0 Å². The monoisotopic (exact) mass is 277 g/mol. The highest BCUT2D eigenvalue weighted by Crippen LogP contribution is 1.96. The molecule has 4 heteroatoms. The smallest absolute Gasteiger partial charge is 0.328 e. The first-order valence-electron chi connectivity index (χ1n) is 3.16. The van der Waals surface area contributed by atoms with Crippen LogP contribution in [-0.2, 0) is 4.79 Å². The van der Waals surface area contributed by atoms with E-state index in [2.05, 4.69) is 4.98 Å². The van der Waals surface area contributed by atoms with Gasteiger partial charge in [-0.1, -0.05) is 0 Å². The Morgan fingerprint density at radius 3 is 2.50 bits per heavy atom. The highest BCUT2D eigenvalue weighted by atomic mass is 127. The van der Waals surface area contributed by atoms with Crippen molar-refractivity contribution in [3.05, 3.63) is 36.2 Å². The van der Waals surface area contributed by atoms with Gasteiger partial charge in [-0.15, -0.1) is 0 Å². The zero-order valence-electron chi connectivity index (χ0n) is 6.20. The first-order chi connectivity index (χ1) is 5.29. The van der Waals surface area contributed by atoms with Gasteiger partial charge in [0.05, 0.1) is 0 Å². The standard InChI is InChI=1S/C8H7NO2.HI/c10-8(11)2-1-7-3-5-9-6-4-7;/h1-6H,(H,10,11);1H/b2-1+;. The summed E-state index contributed by atoms with van der Waals surface area (Å²) in [5, 5.41) is 8.28. The summed E-state index contributed by atoms with van der Waals surface area (Å²) in [6.45, 7) is 0. The van der Waals surface area contributed by atoms with Crippen molar-refractivity contribution in [2.24, 2.45) is 0 Å². The summed E-state index contributed by atoms with van der Waals surface area (Å²) in [4.78, 5) is 12.9. The first kappa shape index (κ1) is 11.1. The van der Waals surface area contributed by atoms with E-state index in [9.17, 15) is 4.79 Å². The number of aromatic amines is 1. The molecule has 0 saturated heterocycles. The Morgan fingerprint density at radius 1 is 1.42 bits per heavy atom. The van der Waals surface area contributed by atoms with Crippen LogP contribution in [0.5, 0.6) is 0 Å². The number of pyridine rings is 1. The molecule has 2 N–H and O–H groups in total. The van der Waals surface area contributed by atoms with Crippen molar-refractivity contribution < 1.29 is 38.9 Å². The highest BCUT2D eigenvalue weighted by molar-refractivity contribution is 5.85. The third-order valence-corrected chi connectivity index (χ3v) is 1.16. The summed E-state index contributed by atoms with van der Waals surface area (Å²) >= 11 is 0. The molecule has 0 aliphatic carbocycles. The lowest BCUT2D eigenvalue weighted by Gasteiger charge is -1.84. The molecule has 0 saturated carbocycles. The van der Waals surface area contributed by atoms with Crippen LogP contribution in [0.2, 0.25) is 0 Å². The molecular formula is C8H8INO2. The zero-order valence-corrected chi connectivity index (χ0v) is 8.36. The SMILES string of the molecule is O=C(O)/C=C/c1cc[nH+]cc1.[I-]. The van der Waals surface area contributed by atoms with Gasteiger partial charge in [0.1, 0.15) is 0 Å². The second-order valence-electron chi connectivity index (χ2n) is 2.00. The van der Waals surface area contributed by atoms with E-state index in [1.54, 1.807) is 24.5 Å². The summed E-state index contributed by atoms with van der Waals surface area (Å²) in [5.74, 6) is -0.933. The number of aliphatic carboxylic acids is 1. The van der Waals surface area contributed by atoms with Gasteiger partial charge in [-0.3, -0.25) is 0 Å². The van der Waals surface area contributed by atoms with Crippen LogP contribution in [0, 0.1) is 0 Å². The molecule has 1 aromatic rings. The lowest BCUT2D eigenvalue weighted by atomic mass is 10.2. The summed E-state index contributed by atoms with van der Waals surface area (Å²) in [7, 11) is 0. The zero-order chi connectivity index (χ0) is 8.10. The third-order valence-electron chi connectivity index (χ3n) is 1.16. The van der Waals surface area contributed by atoms with Crippen molar-refractivity contribution >= 4 is 12.0 Å². The highest BCUT2D eigenvalue weighted by Gasteiger charge is 1.88. The quantitative estimate of drug-likeness (QED) is 0.484. The van der Waals surface area contributed by atoms with Crippen molar-refractivity contribution in [1.82, 2.24) is 0 Å². The average molecular weight is 277 g/mol. The maximum absolute atomic E-state index is 10.1. The van der Waals surface area contributed by atoms with Gasteiger partial charge < -0.3 is 29.1 Å². The largest absolute Gasteiger partial charge is 1.00 e. The van der Waals surface area contributed by atoms with Gasteiger partial charge in [-0.2, -0.15) is 0 Å². The van der Waals surface area contributed by atoms with E-state index in [1.165, 1.54) is 6.08 Å². The molecule has 0 aliphatic rings. The van der Waals surface area contributed by atoms with Crippen LogP contribution in [0.3, 0.4) is 0 Å². The number of carbonyl (C=O) groups is 1. The number of hydrogen-bond acceptors (Lipinski definition) is 1. The molecule has 3 nitrogen and oxygen atoms in total. The minimum Gasteiger partial charge on any atom is -1.00 e. The molecule has 0 aromatic carbocycles. The maximum Gasteiger partial charge on any atom is 0.328 e. The van der Waals surface area contributed by atoms with Crippen molar-refractivity contribution in [1.29, 1.82) is 0 Å². The van der Waals surface area contributed by atoms with Gasteiger partial charge in [0.15, 0.2) is 12.4 Å². The van der Waals surface area contributed by atoms with Crippen molar-refractivity contribution in [3.8, 4) is 0 Å². The molecule has 1 heterocycles. The van der Waals surface area contributed by atoms with E-state index in [4.69, 9.17) is 5.11 Å². The topological polar surface area (TPSA) is 51.4 Å². The Bertz CT molecular complexity index is 272. The van der Waals surface area contributed by atoms with E-state index in [-0.39, 0.29) is 24.0 Å². The number of aromatic nitrogens is 1. The van der Waals surface area contributed by atoms with E-state index in [0.717, 1.165) is 11.6 Å². The van der Waals surface area contributed by atoms with Crippen LogP contribution < -0.4 is 29.0 Å². The molecule has 0 spiro atoms. The lowest BCUT2D eigenvalue weighted by molar-refractivity contribution is -0.378. The van der Waals surface area contributed by atoms with Crippen molar-refractivity contribution in [2.75, 3.05) is 0 Å². The molecule has 1 rings (SSSR count). The van der Waals surface area contributed by atoms with Crippen LogP contribution in [0.15, 0.2) is 30.6 Å². The Balaban J connectivity index is 0.00000121. The van der Waals surface area contributed by atoms with Gasteiger partial charge in [0.25, 0.3) is 0 Å². The number of carboxylic acids is 1. The lowest BCUT2D eigenvalue weighted by Crippen LogP contribution is -3.00. The Morgan fingerprint density at radius 2 is 2.00 bits per heavy atom. The van der Waals surface area contributed by atoms with Crippen LogP contribution in [0.4, 0.5) is 0 Å². The minimum absolute atomic E-state index is 0. The summed E-state index contributed by atoms with van der Waals surface area (Å²) in [6, 6.07) is 3.58. The fraction of sp³-hybridized carbons (Fsp3) is 0. The number of hydrogen-bond donors (Lipinski definition) is 1. The van der Waals surface area contributed by atoms with E-state index < -0.39 is 5.97 Å². The molecular weight excluding hydrogens is 269 g/mol. The van der Waals surface area contributed by atoms with E-state index >= 15 is 0 Å². The number of carboxylic acid groups (broad SMARTS) is 1. The minimum atomic E-state index is -0.933. The van der Waals surface area contributed by atoms with Crippen LogP contribution >= 0.6 is 0 Å². The Labute approximate surface area is 87.2 Å². The predicted molar refractivity (Wildman–Crippen MR) is 39.7 cm³/mol. The van der Waals surface area contributed by atoms with Gasteiger partial charge in [0.2, 0.25) is 0 Å². The second-order valence-corrected chi connectivity index (χ2v) is 2.00. The van der Waals surface area contributed by atoms with E-state index in [0.29, 0.717) is 0 Å². The number of halogens is 1. The summed E-state index contributed by atoms with van der Waals surface area (Å²) in [5.41, 5.74) is 0.867. The fourth-order valence-electron chi connectivity index (χ4n) is 0.678. The van der Waals surface area contributed by atoms with Gasteiger partial charge in [0, 0.05) is 18.2 Å². The number of rotatable bonds is 2. The Kier molecular flexibility index (Phi) is 5.27. The maximum atomic E-state index is 10.1. The average Bonchev–Trinajstić information content (AvgIpc) is 2.03. The Hall–Kier alpha value is -0.910. The predicted octanol–water partition coefficient (Wildman–Crippen LogP) is -2.40. The number of H-pyrrole nitrogens is 1. The molecule has 0 bridgehead atoms. The molecule has 0 amide bonds. The van der Waals surface area contributed by atoms with E-state index in [1.807, 2.05) is 0 Å². The van der Waals surface area contributed by atoms with Crippen LogP contribution in [-0.4, -0.2) is 11.1 Å². The first-order valence-corrected chi connectivity index (χ1v) is 3.16. The van der Waals surface area contributed by atoms with Gasteiger partial charge in [-0.05, 0) is 11.6 Å². The van der Waals surface area contributed by atoms with Crippen LogP contribution in [0.25, 0.3) is 6.08 Å². The van der Waals surface area contributed by atoms with Crippen LogP contribution in [0.1, 0.15) is 5.56 Å². The van der Waals surface area contributed by atoms with Gasteiger partial charge >= 0.3 is 5.97 Å². The van der Waals surface area contributed by atoms with Gasteiger partial charge in [-0.25, -0.2) is 9.78 Å². The molecule has 0 radical (unpaired) electrons. The fourth-order valence-corrected chi connectivity index (χ4v) is 0.678. The molecule has 0 atom stereocenters. The summed E-state index contributed by atoms with van der Waals surface area (Å²) < 4.78 is 0. The molecule has 0 fully saturated rings. The molecule has 0 aliphatic heterocycles. The molecule has 0 unspecified atom stereocenters. The number of nitrogens with one attached hydrogen (secondary N) is 1.